The van der Waals surface area contributed by atoms with E-state index in [1.54, 1.807) is 12.1 Å². The van der Waals surface area contributed by atoms with Gasteiger partial charge in [0.25, 0.3) is 5.91 Å². The number of carbonyl (C=O) groups excluding carboxylic acids is 1. The molecule has 1 fully saturated rings. The molecular weight excluding hydrogens is 214 g/mol. The number of carbonyl (C=O) groups is 1. The van der Waals surface area contributed by atoms with Crippen molar-refractivity contribution in [2.24, 2.45) is 5.92 Å². The first-order chi connectivity index (χ1) is 8.20. The summed E-state index contributed by atoms with van der Waals surface area (Å²) in [5.41, 5.74) is 0.909. The molecule has 0 aliphatic carbocycles. The molecule has 0 N–H and O–H groups in total. The lowest BCUT2D eigenvalue weighted by Gasteiger charge is -2.30. The summed E-state index contributed by atoms with van der Waals surface area (Å²) in [7, 11) is 0. The van der Waals surface area contributed by atoms with Crippen LogP contribution in [0.3, 0.4) is 0 Å². The van der Waals surface area contributed by atoms with E-state index in [0.29, 0.717) is 17.2 Å². The molecule has 1 saturated heterocycles. The minimum absolute atomic E-state index is 0.0268. The molecule has 2 heterocycles. The number of aromatic nitrogens is 1. The van der Waals surface area contributed by atoms with Crippen LogP contribution in [0.2, 0.25) is 0 Å². The van der Waals surface area contributed by atoms with Crippen molar-refractivity contribution in [2.75, 3.05) is 13.1 Å². The monoisotopic (exact) mass is 229 g/mol. The number of hydrogen-bond acceptors (Lipinski definition) is 3. The molecular formula is C13H15N3O. The van der Waals surface area contributed by atoms with Crippen molar-refractivity contribution in [2.45, 2.75) is 19.8 Å². The Morgan fingerprint density at radius 1 is 1.59 bits per heavy atom. The number of likely N-dealkylation sites (tertiary alicyclic amines) is 1. The van der Waals surface area contributed by atoms with Gasteiger partial charge in [-0.15, -0.1) is 0 Å². The minimum atomic E-state index is -0.0268. The number of nitriles is 1. The van der Waals surface area contributed by atoms with E-state index >= 15 is 0 Å². The number of pyridine rings is 1. The molecule has 1 aromatic rings. The molecule has 1 amide bonds. The fourth-order valence-electron chi connectivity index (χ4n) is 2.12. The zero-order chi connectivity index (χ0) is 12.3. The van der Waals surface area contributed by atoms with Gasteiger partial charge in [-0.1, -0.05) is 6.92 Å². The molecule has 1 aromatic heterocycles. The molecule has 0 aromatic carbocycles. The predicted octanol–water partition coefficient (Wildman–Crippen LogP) is 1.83. The second kappa shape index (κ2) is 4.96. The van der Waals surface area contributed by atoms with Crippen molar-refractivity contribution >= 4 is 5.91 Å². The van der Waals surface area contributed by atoms with E-state index in [0.717, 1.165) is 19.5 Å². The van der Waals surface area contributed by atoms with E-state index in [-0.39, 0.29) is 5.91 Å². The van der Waals surface area contributed by atoms with E-state index in [2.05, 4.69) is 11.9 Å². The summed E-state index contributed by atoms with van der Waals surface area (Å²) in [6.45, 7) is 3.77. The highest BCUT2D eigenvalue weighted by molar-refractivity contribution is 5.92. The number of amides is 1. The summed E-state index contributed by atoms with van der Waals surface area (Å²) < 4.78 is 0. The van der Waals surface area contributed by atoms with Crippen LogP contribution in [0.25, 0.3) is 0 Å². The molecule has 4 nitrogen and oxygen atoms in total. The molecule has 17 heavy (non-hydrogen) atoms. The summed E-state index contributed by atoms with van der Waals surface area (Å²) in [6, 6.07) is 5.25. The number of piperidine rings is 1. The highest BCUT2D eigenvalue weighted by atomic mass is 16.2. The summed E-state index contributed by atoms with van der Waals surface area (Å²) in [6.07, 6.45) is 3.69. The normalized spacial score (nSPS) is 19.8. The first-order valence-electron chi connectivity index (χ1n) is 5.86. The molecule has 0 saturated carbocycles. The maximum Gasteiger partial charge on any atom is 0.272 e. The third-order valence-corrected chi connectivity index (χ3v) is 3.06. The second-order valence-electron chi connectivity index (χ2n) is 4.54. The Labute approximate surface area is 101 Å². The van der Waals surface area contributed by atoms with Gasteiger partial charge in [-0.05, 0) is 30.9 Å². The van der Waals surface area contributed by atoms with Crippen LogP contribution in [0.1, 0.15) is 35.8 Å². The Bertz CT molecular complexity index is 447. The molecule has 1 aliphatic rings. The predicted molar refractivity (Wildman–Crippen MR) is 63.3 cm³/mol. The van der Waals surface area contributed by atoms with E-state index < -0.39 is 0 Å². The third kappa shape index (κ3) is 2.62. The summed E-state index contributed by atoms with van der Waals surface area (Å²) in [5, 5.41) is 8.67. The zero-order valence-electron chi connectivity index (χ0n) is 9.89. The highest BCUT2D eigenvalue weighted by Gasteiger charge is 2.22. The third-order valence-electron chi connectivity index (χ3n) is 3.06. The number of hydrogen-bond donors (Lipinski definition) is 0. The Hall–Kier alpha value is -1.89. The standard InChI is InChI=1S/C13H15N3O/c1-10-3-2-6-16(9-10)13(17)12-5-4-11(7-14)8-15-12/h4-5,8,10H,2-3,6,9H2,1H3. The Balaban J connectivity index is 2.11. The lowest BCUT2D eigenvalue weighted by atomic mass is 10.00. The molecule has 0 bridgehead atoms. The van der Waals surface area contributed by atoms with Crippen LogP contribution < -0.4 is 0 Å². The van der Waals surface area contributed by atoms with Gasteiger partial charge in [0.15, 0.2) is 0 Å². The fourth-order valence-corrected chi connectivity index (χ4v) is 2.12. The maximum absolute atomic E-state index is 12.1. The van der Waals surface area contributed by atoms with Gasteiger partial charge in [0.2, 0.25) is 0 Å². The molecule has 4 heteroatoms. The largest absolute Gasteiger partial charge is 0.337 e. The average Bonchev–Trinajstić information content (AvgIpc) is 2.38. The van der Waals surface area contributed by atoms with Gasteiger partial charge < -0.3 is 4.90 Å². The fraction of sp³-hybridized carbons (Fsp3) is 0.462. The van der Waals surface area contributed by atoms with Gasteiger partial charge in [-0.25, -0.2) is 4.98 Å². The van der Waals surface area contributed by atoms with Gasteiger partial charge >= 0.3 is 0 Å². The number of rotatable bonds is 1. The Kier molecular flexibility index (Phi) is 3.38. The highest BCUT2D eigenvalue weighted by Crippen LogP contribution is 2.17. The van der Waals surface area contributed by atoms with E-state index in [4.69, 9.17) is 5.26 Å². The first-order valence-corrected chi connectivity index (χ1v) is 5.86. The lowest BCUT2D eigenvalue weighted by Crippen LogP contribution is -2.39. The van der Waals surface area contributed by atoms with Crippen molar-refractivity contribution < 1.29 is 4.79 Å². The second-order valence-corrected chi connectivity index (χ2v) is 4.54. The number of nitrogens with zero attached hydrogens (tertiary/aromatic N) is 3. The molecule has 1 atom stereocenters. The summed E-state index contributed by atoms with van der Waals surface area (Å²) in [5.74, 6) is 0.534. The molecule has 88 valence electrons. The van der Waals surface area contributed by atoms with Gasteiger partial charge in [-0.2, -0.15) is 5.26 Å². The van der Waals surface area contributed by atoms with Gasteiger partial charge in [0.1, 0.15) is 11.8 Å². The van der Waals surface area contributed by atoms with Crippen LogP contribution in [0, 0.1) is 17.2 Å². The van der Waals surface area contributed by atoms with Gasteiger partial charge in [0.05, 0.1) is 5.56 Å². The summed E-state index contributed by atoms with van der Waals surface area (Å²) in [4.78, 5) is 18.0. The van der Waals surface area contributed by atoms with Crippen molar-refractivity contribution in [3.05, 3.63) is 29.6 Å². The minimum Gasteiger partial charge on any atom is -0.337 e. The first kappa shape index (κ1) is 11.6. The van der Waals surface area contributed by atoms with Crippen LogP contribution in [0.5, 0.6) is 0 Å². The molecule has 0 spiro atoms. The van der Waals surface area contributed by atoms with Crippen molar-refractivity contribution in [1.82, 2.24) is 9.88 Å². The van der Waals surface area contributed by atoms with Crippen molar-refractivity contribution in [1.29, 1.82) is 5.26 Å². The molecule has 1 unspecified atom stereocenters. The topological polar surface area (TPSA) is 57.0 Å². The van der Waals surface area contributed by atoms with Gasteiger partial charge in [0, 0.05) is 19.3 Å². The zero-order valence-corrected chi connectivity index (χ0v) is 9.89. The Morgan fingerprint density at radius 2 is 2.41 bits per heavy atom. The Morgan fingerprint density at radius 3 is 3.00 bits per heavy atom. The SMILES string of the molecule is CC1CCCN(C(=O)c2ccc(C#N)cn2)C1. The van der Waals surface area contributed by atoms with Crippen LogP contribution in [0.15, 0.2) is 18.3 Å². The van der Waals surface area contributed by atoms with Crippen molar-refractivity contribution in [3.8, 4) is 6.07 Å². The van der Waals surface area contributed by atoms with E-state index in [9.17, 15) is 4.79 Å². The van der Waals surface area contributed by atoms with E-state index in [1.807, 2.05) is 11.0 Å². The lowest BCUT2D eigenvalue weighted by molar-refractivity contribution is 0.0677. The molecule has 2 rings (SSSR count). The van der Waals surface area contributed by atoms with Gasteiger partial charge in [-0.3, -0.25) is 4.79 Å². The molecule has 0 radical (unpaired) electrons. The van der Waals surface area contributed by atoms with Crippen LogP contribution in [0.4, 0.5) is 0 Å². The van der Waals surface area contributed by atoms with Crippen LogP contribution in [-0.4, -0.2) is 28.9 Å². The maximum atomic E-state index is 12.1. The molecule has 1 aliphatic heterocycles. The van der Waals surface area contributed by atoms with Crippen LogP contribution >= 0.6 is 0 Å². The smallest absolute Gasteiger partial charge is 0.272 e. The quantitative estimate of drug-likeness (QED) is 0.738. The van der Waals surface area contributed by atoms with Crippen molar-refractivity contribution in [3.63, 3.8) is 0 Å². The van der Waals surface area contributed by atoms with Crippen LogP contribution in [-0.2, 0) is 0 Å². The average molecular weight is 229 g/mol. The summed E-state index contributed by atoms with van der Waals surface area (Å²) >= 11 is 0. The van der Waals surface area contributed by atoms with E-state index in [1.165, 1.54) is 12.6 Å².